The number of ether oxygens (including phenoxy) is 1. The van der Waals surface area contributed by atoms with Crippen molar-refractivity contribution in [3.05, 3.63) is 64.2 Å². The van der Waals surface area contributed by atoms with E-state index in [2.05, 4.69) is 0 Å². The number of nitro benzene ring substituents is 1. The number of non-ortho nitro benzene ring substituents is 1. The van der Waals surface area contributed by atoms with Crippen LogP contribution in [0.3, 0.4) is 0 Å². The molecule has 2 aromatic rings. The fourth-order valence-corrected chi connectivity index (χ4v) is 2.69. The average molecular weight is 289 g/mol. The second-order valence-electron chi connectivity index (χ2n) is 4.20. The maximum Gasteiger partial charge on any atom is 0.269 e. The van der Waals surface area contributed by atoms with Gasteiger partial charge in [0.2, 0.25) is 0 Å². The number of benzene rings is 2. The molecule has 4 nitrogen and oxygen atoms in total. The van der Waals surface area contributed by atoms with E-state index in [-0.39, 0.29) is 10.6 Å². The third kappa shape index (κ3) is 3.99. The predicted octanol–water partition coefficient (Wildman–Crippen LogP) is 3.94. The molecule has 0 heterocycles. The summed E-state index contributed by atoms with van der Waals surface area (Å²) in [5.74, 6) is 1.72. The molecule has 0 bridgehead atoms. The van der Waals surface area contributed by atoms with Crippen molar-refractivity contribution < 1.29 is 9.66 Å². The minimum absolute atomic E-state index is 0.150. The van der Waals surface area contributed by atoms with E-state index < -0.39 is 0 Å². The second-order valence-corrected chi connectivity index (χ2v) is 5.37. The molecule has 0 spiro atoms. The van der Waals surface area contributed by atoms with Gasteiger partial charge in [-0.25, -0.2) is 0 Å². The highest BCUT2D eigenvalue weighted by atomic mass is 32.2. The summed E-state index contributed by atoms with van der Waals surface area (Å²) in [7, 11) is 1.64. The Hall–Kier alpha value is -2.01. The van der Waals surface area contributed by atoms with Crippen molar-refractivity contribution in [1.82, 2.24) is 0 Å². The lowest BCUT2D eigenvalue weighted by Gasteiger charge is -2.04. The molecule has 0 amide bonds. The quantitative estimate of drug-likeness (QED) is 0.459. The molecule has 2 rings (SSSR count). The van der Waals surface area contributed by atoms with Gasteiger partial charge in [0.15, 0.2) is 0 Å². The van der Waals surface area contributed by atoms with Gasteiger partial charge in [-0.05, 0) is 36.2 Å². The Morgan fingerprint density at radius 3 is 2.60 bits per heavy atom. The monoisotopic (exact) mass is 289 g/mol. The Balaban J connectivity index is 1.88. The van der Waals surface area contributed by atoms with Crippen molar-refractivity contribution in [3.63, 3.8) is 0 Å². The van der Waals surface area contributed by atoms with Gasteiger partial charge in [-0.1, -0.05) is 12.1 Å². The van der Waals surface area contributed by atoms with Gasteiger partial charge in [-0.15, -0.1) is 11.8 Å². The Labute approximate surface area is 121 Å². The van der Waals surface area contributed by atoms with Crippen LogP contribution in [-0.2, 0) is 6.42 Å². The summed E-state index contributed by atoms with van der Waals surface area (Å²) in [6, 6.07) is 14.7. The summed E-state index contributed by atoms with van der Waals surface area (Å²) >= 11 is 1.72. The summed E-state index contributed by atoms with van der Waals surface area (Å²) in [4.78, 5) is 11.5. The number of thioether (sulfide) groups is 1. The zero-order valence-electron chi connectivity index (χ0n) is 11.1. The molecule has 20 heavy (non-hydrogen) atoms. The van der Waals surface area contributed by atoms with Gasteiger partial charge in [0.1, 0.15) is 5.75 Å². The first kappa shape index (κ1) is 14.4. The maximum atomic E-state index is 10.7. The van der Waals surface area contributed by atoms with Crippen LogP contribution in [0.25, 0.3) is 0 Å². The van der Waals surface area contributed by atoms with Crippen LogP contribution in [0.4, 0.5) is 5.69 Å². The van der Waals surface area contributed by atoms with Crippen molar-refractivity contribution in [2.75, 3.05) is 12.9 Å². The molecular formula is C15H15NO3S. The second kappa shape index (κ2) is 6.96. The molecule has 0 radical (unpaired) electrons. The predicted molar refractivity (Wildman–Crippen MR) is 80.5 cm³/mol. The van der Waals surface area contributed by atoms with Crippen molar-refractivity contribution in [2.24, 2.45) is 0 Å². The molecule has 0 fully saturated rings. The number of aryl methyl sites for hydroxylation is 1. The molecule has 0 aliphatic rings. The minimum Gasteiger partial charge on any atom is -0.497 e. The van der Waals surface area contributed by atoms with Crippen LogP contribution in [0.5, 0.6) is 5.75 Å². The van der Waals surface area contributed by atoms with Crippen LogP contribution < -0.4 is 4.74 Å². The lowest BCUT2D eigenvalue weighted by molar-refractivity contribution is -0.384. The largest absolute Gasteiger partial charge is 0.497 e. The zero-order chi connectivity index (χ0) is 14.4. The maximum absolute atomic E-state index is 10.7. The van der Waals surface area contributed by atoms with Gasteiger partial charge in [0.25, 0.3) is 5.69 Å². The number of methoxy groups -OCH3 is 1. The van der Waals surface area contributed by atoms with Gasteiger partial charge in [-0.2, -0.15) is 0 Å². The van der Waals surface area contributed by atoms with Gasteiger partial charge in [-0.3, -0.25) is 10.1 Å². The molecule has 2 aromatic carbocycles. The van der Waals surface area contributed by atoms with Crippen molar-refractivity contribution in [2.45, 2.75) is 11.3 Å². The van der Waals surface area contributed by atoms with Crippen LogP contribution in [-0.4, -0.2) is 17.8 Å². The highest BCUT2D eigenvalue weighted by Gasteiger charge is 2.05. The number of nitrogens with zero attached hydrogens (tertiary/aromatic N) is 1. The molecule has 0 unspecified atom stereocenters. The first-order chi connectivity index (χ1) is 9.69. The van der Waals surface area contributed by atoms with Crippen LogP contribution in [0.2, 0.25) is 0 Å². The molecule has 0 atom stereocenters. The molecule has 0 aliphatic heterocycles. The molecule has 5 heteroatoms. The first-order valence-electron chi connectivity index (χ1n) is 6.19. The van der Waals surface area contributed by atoms with Gasteiger partial charge in [0, 0.05) is 22.8 Å². The van der Waals surface area contributed by atoms with E-state index in [1.165, 1.54) is 6.07 Å². The number of nitro groups is 1. The van der Waals surface area contributed by atoms with Crippen molar-refractivity contribution >= 4 is 17.4 Å². The molecule has 0 aliphatic carbocycles. The third-order valence-corrected chi connectivity index (χ3v) is 3.85. The number of hydrogen-bond acceptors (Lipinski definition) is 4. The highest BCUT2D eigenvalue weighted by Crippen LogP contribution is 2.23. The van der Waals surface area contributed by atoms with E-state index in [9.17, 15) is 10.1 Å². The SMILES string of the molecule is COc1ccc(SCCc2cccc([N+](=O)[O-])c2)cc1. The fraction of sp³-hybridized carbons (Fsp3) is 0.200. The molecule has 0 saturated carbocycles. The van der Waals surface area contributed by atoms with Gasteiger partial charge < -0.3 is 4.74 Å². The smallest absolute Gasteiger partial charge is 0.269 e. The Morgan fingerprint density at radius 1 is 1.20 bits per heavy atom. The molecule has 0 aromatic heterocycles. The lowest BCUT2D eigenvalue weighted by atomic mass is 10.1. The lowest BCUT2D eigenvalue weighted by Crippen LogP contribution is -1.92. The third-order valence-electron chi connectivity index (χ3n) is 2.84. The van der Waals surface area contributed by atoms with E-state index in [0.29, 0.717) is 0 Å². The highest BCUT2D eigenvalue weighted by molar-refractivity contribution is 7.99. The standard InChI is InChI=1S/C15H15NO3S/c1-19-14-5-7-15(8-6-14)20-10-9-12-3-2-4-13(11-12)16(17)18/h2-8,11H,9-10H2,1H3. The van der Waals surface area contributed by atoms with Gasteiger partial charge >= 0.3 is 0 Å². The van der Waals surface area contributed by atoms with E-state index in [1.54, 1.807) is 31.0 Å². The van der Waals surface area contributed by atoms with E-state index in [1.807, 2.05) is 30.3 Å². The van der Waals surface area contributed by atoms with E-state index in [0.717, 1.165) is 28.4 Å². The van der Waals surface area contributed by atoms with Crippen LogP contribution >= 0.6 is 11.8 Å². The van der Waals surface area contributed by atoms with Crippen molar-refractivity contribution in [3.8, 4) is 5.75 Å². The Kier molecular flexibility index (Phi) is 5.01. The first-order valence-corrected chi connectivity index (χ1v) is 7.18. The Morgan fingerprint density at radius 2 is 1.95 bits per heavy atom. The normalized spacial score (nSPS) is 10.2. The number of rotatable bonds is 6. The molecule has 0 saturated heterocycles. The average Bonchev–Trinajstić information content (AvgIpc) is 2.48. The summed E-state index contributed by atoms with van der Waals surface area (Å²) < 4.78 is 5.11. The van der Waals surface area contributed by atoms with Crippen LogP contribution in [0.15, 0.2) is 53.4 Å². The van der Waals surface area contributed by atoms with Crippen molar-refractivity contribution in [1.29, 1.82) is 0 Å². The van der Waals surface area contributed by atoms with E-state index >= 15 is 0 Å². The minimum atomic E-state index is -0.361. The topological polar surface area (TPSA) is 52.4 Å². The zero-order valence-corrected chi connectivity index (χ0v) is 11.9. The summed E-state index contributed by atoms with van der Waals surface area (Å²) in [6.45, 7) is 0. The Bertz CT molecular complexity index is 584. The summed E-state index contributed by atoms with van der Waals surface area (Å²) in [6.07, 6.45) is 0.804. The van der Waals surface area contributed by atoms with Gasteiger partial charge in [0.05, 0.1) is 12.0 Å². The molecule has 104 valence electrons. The number of hydrogen-bond donors (Lipinski definition) is 0. The van der Waals surface area contributed by atoms with Crippen LogP contribution in [0, 0.1) is 10.1 Å². The summed E-state index contributed by atoms with van der Waals surface area (Å²) in [5.41, 5.74) is 1.14. The fourth-order valence-electron chi connectivity index (χ4n) is 1.78. The molecule has 0 N–H and O–H groups in total. The summed E-state index contributed by atoms with van der Waals surface area (Å²) in [5, 5.41) is 10.7. The van der Waals surface area contributed by atoms with E-state index in [4.69, 9.17) is 4.74 Å². The molecular weight excluding hydrogens is 274 g/mol. The van der Waals surface area contributed by atoms with Crippen LogP contribution in [0.1, 0.15) is 5.56 Å².